The van der Waals surface area contributed by atoms with Gasteiger partial charge in [-0.15, -0.1) is 0 Å². The van der Waals surface area contributed by atoms with Crippen LogP contribution in [0.2, 0.25) is 0 Å². The molecule has 0 unspecified atom stereocenters. The van der Waals surface area contributed by atoms with E-state index in [0.717, 1.165) is 39.5 Å². The van der Waals surface area contributed by atoms with Gasteiger partial charge in [0.25, 0.3) is 0 Å². The van der Waals surface area contributed by atoms with Crippen LogP contribution in [0.15, 0.2) is 46.9 Å². The molecule has 1 aliphatic rings. The number of fused-ring (bicyclic) bond motifs is 1. The summed E-state index contributed by atoms with van der Waals surface area (Å²) in [5.41, 5.74) is 4.67. The summed E-state index contributed by atoms with van der Waals surface area (Å²) in [6.45, 7) is 6.84. The fourth-order valence-corrected chi connectivity index (χ4v) is 4.37. The van der Waals surface area contributed by atoms with E-state index in [2.05, 4.69) is 4.98 Å². The minimum absolute atomic E-state index is 0.0261. The van der Waals surface area contributed by atoms with Crippen LogP contribution in [0.5, 0.6) is 5.75 Å². The number of nitrogens with zero attached hydrogens (tertiary/aromatic N) is 2. The first-order valence-corrected chi connectivity index (χ1v) is 12.3. The summed E-state index contributed by atoms with van der Waals surface area (Å²) < 4.78 is 17.4. The zero-order chi connectivity index (χ0) is 25.7. The predicted octanol–water partition coefficient (Wildman–Crippen LogP) is 5.19. The highest BCUT2D eigenvalue weighted by Gasteiger charge is 2.27. The van der Waals surface area contributed by atoms with Crippen LogP contribution < -0.4 is 4.74 Å². The van der Waals surface area contributed by atoms with E-state index in [-0.39, 0.29) is 18.6 Å². The number of rotatable bonds is 9. The molecule has 2 heterocycles. The highest BCUT2D eigenvalue weighted by atomic mass is 16.6. The van der Waals surface area contributed by atoms with Crippen LogP contribution in [-0.4, -0.2) is 46.3 Å². The zero-order valence-electron chi connectivity index (χ0n) is 21.0. The minimum Gasteiger partial charge on any atom is -0.493 e. The molecule has 3 aromatic rings. The first-order valence-electron chi connectivity index (χ1n) is 12.3. The Morgan fingerprint density at radius 2 is 1.89 bits per heavy atom. The van der Waals surface area contributed by atoms with Crippen LogP contribution >= 0.6 is 0 Å². The molecule has 8 heteroatoms. The molecule has 8 nitrogen and oxygen atoms in total. The monoisotopic (exact) mass is 492 g/mol. The Kier molecular flexibility index (Phi) is 7.93. The number of aliphatic carboxylic acids is 1. The van der Waals surface area contributed by atoms with E-state index in [1.807, 2.05) is 63.2 Å². The topological polar surface area (TPSA) is 102 Å². The Morgan fingerprint density at radius 3 is 2.61 bits per heavy atom. The van der Waals surface area contributed by atoms with Crippen molar-refractivity contribution in [3.05, 3.63) is 70.6 Å². The van der Waals surface area contributed by atoms with Gasteiger partial charge in [0.15, 0.2) is 0 Å². The second-order valence-electron chi connectivity index (χ2n) is 9.16. The first kappa shape index (κ1) is 25.3. The molecule has 0 aliphatic carbocycles. The van der Waals surface area contributed by atoms with Gasteiger partial charge in [-0.05, 0) is 62.9 Å². The maximum absolute atomic E-state index is 12.5. The summed E-state index contributed by atoms with van der Waals surface area (Å²) in [7, 11) is 0. The third kappa shape index (κ3) is 6.05. The molecule has 0 fully saturated rings. The van der Waals surface area contributed by atoms with Crippen molar-refractivity contribution in [2.45, 2.75) is 59.1 Å². The molecule has 2 aromatic carbocycles. The molecular formula is C28H32N2O6. The number of carbonyl (C=O) groups excluding carboxylic acids is 1. The number of aromatic nitrogens is 1. The van der Waals surface area contributed by atoms with Crippen molar-refractivity contribution in [2.75, 3.05) is 13.2 Å². The second kappa shape index (κ2) is 11.3. The third-order valence-electron chi connectivity index (χ3n) is 6.18. The predicted molar refractivity (Wildman–Crippen MR) is 134 cm³/mol. The number of benzene rings is 2. The number of aryl methyl sites for hydroxylation is 2. The summed E-state index contributed by atoms with van der Waals surface area (Å²) >= 11 is 0. The van der Waals surface area contributed by atoms with Crippen LogP contribution in [0.1, 0.15) is 48.4 Å². The minimum atomic E-state index is -0.853. The molecule has 1 aromatic heterocycles. The summed E-state index contributed by atoms with van der Waals surface area (Å²) in [6.07, 6.45) is 1.05. The van der Waals surface area contributed by atoms with Crippen LogP contribution in [0.25, 0.3) is 11.5 Å². The number of ether oxygens (including phenoxy) is 2. The lowest BCUT2D eigenvalue weighted by Crippen LogP contribution is -2.38. The standard InChI is InChI=1S/C28H32N2O6/c1-18(2)35-28(33)30-15-13-22-23(17-30)20(10-12-26(31)32)9-11-25(22)34-16-14-24-19(3)36-27(29-24)21-7-5-4-6-8-21/h4-9,11,18H,10,12-17H2,1-3H3,(H,31,32). The highest BCUT2D eigenvalue weighted by Crippen LogP contribution is 2.32. The zero-order valence-corrected chi connectivity index (χ0v) is 21.0. The van der Waals surface area contributed by atoms with Crippen molar-refractivity contribution in [2.24, 2.45) is 0 Å². The number of carbonyl (C=O) groups is 2. The van der Waals surface area contributed by atoms with Crippen molar-refractivity contribution in [3.8, 4) is 17.2 Å². The smallest absolute Gasteiger partial charge is 0.410 e. The third-order valence-corrected chi connectivity index (χ3v) is 6.18. The van der Waals surface area contributed by atoms with Crippen molar-refractivity contribution >= 4 is 12.1 Å². The average Bonchev–Trinajstić information content (AvgIpc) is 3.23. The van der Waals surface area contributed by atoms with Gasteiger partial charge in [0.2, 0.25) is 5.89 Å². The molecule has 1 aliphatic heterocycles. The first-order chi connectivity index (χ1) is 17.3. The molecule has 1 amide bonds. The molecular weight excluding hydrogens is 460 g/mol. The Morgan fingerprint density at radius 1 is 1.11 bits per heavy atom. The molecule has 0 spiro atoms. The summed E-state index contributed by atoms with van der Waals surface area (Å²) in [5.74, 6) is 1.26. The summed E-state index contributed by atoms with van der Waals surface area (Å²) in [4.78, 5) is 30.0. The van der Waals surface area contributed by atoms with Gasteiger partial charge >= 0.3 is 12.1 Å². The van der Waals surface area contributed by atoms with E-state index in [1.165, 1.54) is 0 Å². The van der Waals surface area contributed by atoms with Crippen molar-refractivity contribution in [1.29, 1.82) is 0 Å². The van der Waals surface area contributed by atoms with E-state index in [1.54, 1.807) is 4.90 Å². The highest BCUT2D eigenvalue weighted by molar-refractivity contribution is 5.69. The van der Waals surface area contributed by atoms with Gasteiger partial charge in [-0.3, -0.25) is 4.79 Å². The molecule has 0 saturated heterocycles. The van der Waals surface area contributed by atoms with Crippen molar-refractivity contribution in [1.82, 2.24) is 9.88 Å². The molecule has 0 saturated carbocycles. The van der Waals surface area contributed by atoms with Gasteiger partial charge < -0.3 is 23.9 Å². The Bertz CT molecular complexity index is 1220. The molecule has 190 valence electrons. The van der Waals surface area contributed by atoms with Crippen molar-refractivity contribution in [3.63, 3.8) is 0 Å². The maximum Gasteiger partial charge on any atom is 0.410 e. The summed E-state index contributed by atoms with van der Waals surface area (Å²) in [5, 5.41) is 9.17. The van der Waals surface area contributed by atoms with Crippen LogP contribution in [0.4, 0.5) is 4.79 Å². The molecule has 0 atom stereocenters. The van der Waals surface area contributed by atoms with Gasteiger partial charge in [0, 0.05) is 37.1 Å². The van der Waals surface area contributed by atoms with E-state index in [0.29, 0.717) is 44.8 Å². The van der Waals surface area contributed by atoms with Crippen LogP contribution in [-0.2, 0) is 35.3 Å². The van der Waals surface area contributed by atoms with Gasteiger partial charge in [-0.2, -0.15) is 0 Å². The Balaban J connectivity index is 1.48. The number of amides is 1. The fraction of sp³-hybridized carbons (Fsp3) is 0.393. The van der Waals surface area contributed by atoms with E-state index in [4.69, 9.17) is 13.9 Å². The van der Waals surface area contributed by atoms with Gasteiger partial charge in [0.05, 0.1) is 18.4 Å². The largest absolute Gasteiger partial charge is 0.493 e. The molecule has 1 N–H and O–H groups in total. The molecule has 0 bridgehead atoms. The number of hydrogen-bond acceptors (Lipinski definition) is 6. The average molecular weight is 493 g/mol. The Hall–Kier alpha value is -3.81. The van der Waals surface area contributed by atoms with E-state index < -0.39 is 5.97 Å². The normalized spacial score (nSPS) is 12.9. The maximum atomic E-state index is 12.5. The van der Waals surface area contributed by atoms with E-state index in [9.17, 15) is 14.7 Å². The van der Waals surface area contributed by atoms with Gasteiger partial charge in [-0.25, -0.2) is 9.78 Å². The summed E-state index contributed by atoms with van der Waals surface area (Å²) in [6, 6.07) is 13.6. The quantitative estimate of drug-likeness (QED) is 0.438. The molecule has 0 radical (unpaired) electrons. The number of carboxylic acid groups (broad SMARTS) is 1. The second-order valence-corrected chi connectivity index (χ2v) is 9.16. The lowest BCUT2D eigenvalue weighted by atomic mass is 9.92. The molecule has 36 heavy (non-hydrogen) atoms. The van der Waals surface area contributed by atoms with Crippen LogP contribution in [0.3, 0.4) is 0 Å². The number of hydrogen-bond donors (Lipinski definition) is 1. The van der Waals surface area contributed by atoms with Gasteiger partial charge in [-0.1, -0.05) is 24.3 Å². The fourth-order valence-electron chi connectivity index (χ4n) is 4.37. The van der Waals surface area contributed by atoms with E-state index >= 15 is 0 Å². The van der Waals surface area contributed by atoms with Crippen LogP contribution in [0, 0.1) is 6.92 Å². The molecule has 4 rings (SSSR count). The number of oxazole rings is 1. The van der Waals surface area contributed by atoms with Gasteiger partial charge in [0.1, 0.15) is 11.5 Å². The SMILES string of the molecule is Cc1oc(-c2ccccc2)nc1CCOc1ccc(CCC(=O)O)c2c1CCN(C(=O)OC(C)C)C2. The number of carboxylic acids is 1. The lowest BCUT2D eigenvalue weighted by molar-refractivity contribution is -0.136. The lowest BCUT2D eigenvalue weighted by Gasteiger charge is -2.31. The van der Waals surface area contributed by atoms with Crippen molar-refractivity contribution < 1.29 is 28.6 Å². The Labute approximate surface area is 210 Å².